The normalized spacial score (nSPS) is 12.7. The number of ether oxygens (including phenoxy) is 1. The number of benzene rings is 1. The minimum absolute atomic E-state index is 0.586. The molecule has 1 aromatic carbocycles. The van der Waals surface area contributed by atoms with Crippen molar-refractivity contribution in [2.45, 2.75) is 33.6 Å². The molecule has 0 bridgehead atoms. The Morgan fingerprint density at radius 2 is 2.04 bits per heavy atom. The fourth-order valence-corrected chi connectivity index (χ4v) is 3.17. The van der Waals surface area contributed by atoms with Crippen LogP contribution in [-0.4, -0.2) is 24.0 Å². The molecule has 0 N–H and O–H groups in total. The second-order valence-electron chi connectivity index (χ2n) is 6.34. The van der Waals surface area contributed by atoms with Gasteiger partial charge in [0.15, 0.2) is 0 Å². The van der Waals surface area contributed by atoms with Crippen LogP contribution in [-0.2, 0) is 0 Å². The zero-order valence-corrected chi connectivity index (χ0v) is 16.3. The number of methoxy groups -OCH3 is 1. The summed E-state index contributed by atoms with van der Waals surface area (Å²) in [6.07, 6.45) is 3.92. The summed E-state index contributed by atoms with van der Waals surface area (Å²) in [5.41, 5.74) is 3.25. The van der Waals surface area contributed by atoms with E-state index in [2.05, 4.69) is 37.7 Å². The third kappa shape index (κ3) is 5.43. The lowest BCUT2D eigenvalue weighted by Gasteiger charge is -2.08. The molecule has 0 aliphatic heterocycles. The van der Waals surface area contributed by atoms with Crippen LogP contribution in [0.4, 0.5) is 0 Å². The van der Waals surface area contributed by atoms with Crippen LogP contribution in [0.25, 0.3) is 11.3 Å². The van der Waals surface area contributed by atoms with Crippen molar-refractivity contribution in [1.29, 1.82) is 0 Å². The van der Waals surface area contributed by atoms with E-state index in [9.17, 15) is 0 Å². The van der Waals surface area contributed by atoms with Crippen molar-refractivity contribution in [3.63, 3.8) is 0 Å². The minimum atomic E-state index is 0.586. The molecule has 25 heavy (non-hydrogen) atoms. The topological polar surface area (TPSA) is 38.9 Å². The van der Waals surface area contributed by atoms with Gasteiger partial charge in [0.05, 0.1) is 19.3 Å². The molecule has 134 valence electrons. The molecule has 2 rings (SSSR count). The average Bonchev–Trinajstić information content (AvgIpc) is 3.00. The summed E-state index contributed by atoms with van der Waals surface area (Å²) in [7, 11) is 1.68. The molecular formula is C20H27N3OS. The standard InChI is InChI=1S/C20H27N3OS/c1-6-13-21-20-23(22-16(4)8-7-15(2)3)19(14-25-20)17-9-11-18(24-5)12-10-17/h6,9-12,14-15H,1,7-8,13H2,2-5H3. The number of rotatable bonds is 8. The lowest BCUT2D eigenvalue weighted by molar-refractivity contribution is 0.415. The summed E-state index contributed by atoms with van der Waals surface area (Å²) >= 11 is 1.60. The van der Waals surface area contributed by atoms with Crippen LogP contribution >= 0.6 is 11.3 Å². The van der Waals surface area contributed by atoms with Crippen molar-refractivity contribution in [3.8, 4) is 17.0 Å². The quantitative estimate of drug-likeness (QED) is 0.485. The number of hydrogen-bond donors (Lipinski definition) is 0. The Morgan fingerprint density at radius 1 is 1.32 bits per heavy atom. The van der Waals surface area contributed by atoms with Crippen LogP contribution in [0.1, 0.15) is 33.6 Å². The third-order valence-electron chi connectivity index (χ3n) is 3.78. The Morgan fingerprint density at radius 3 is 2.64 bits per heavy atom. The molecule has 0 saturated carbocycles. The average molecular weight is 358 g/mol. The molecule has 4 nitrogen and oxygen atoms in total. The fourth-order valence-electron chi connectivity index (χ4n) is 2.33. The van der Waals surface area contributed by atoms with Crippen molar-refractivity contribution in [1.82, 2.24) is 4.68 Å². The lowest BCUT2D eigenvalue weighted by Crippen LogP contribution is -2.14. The highest BCUT2D eigenvalue weighted by molar-refractivity contribution is 7.07. The summed E-state index contributed by atoms with van der Waals surface area (Å²) in [6.45, 7) is 10.9. The van der Waals surface area contributed by atoms with E-state index in [4.69, 9.17) is 9.84 Å². The van der Waals surface area contributed by atoms with Gasteiger partial charge in [-0.05, 0) is 49.9 Å². The van der Waals surface area contributed by atoms with Crippen LogP contribution < -0.4 is 9.54 Å². The van der Waals surface area contributed by atoms with E-state index in [0.717, 1.165) is 40.4 Å². The van der Waals surface area contributed by atoms with Crippen molar-refractivity contribution in [2.75, 3.05) is 13.7 Å². The monoisotopic (exact) mass is 357 g/mol. The summed E-state index contributed by atoms with van der Waals surface area (Å²) < 4.78 is 7.20. The minimum Gasteiger partial charge on any atom is -0.497 e. The highest BCUT2D eigenvalue weighted by atomic mass is 32.1. The zero-order valence-electron chi connectivity index (χ0n) is 15.5. The number of nitrogens with zero attached hydrogens (tertiary/aromatic N) is 3. The van der Waals surface area contributed by atoms with E-state index in [1.165, 1.54) is 0 Å². The van der Waals surface area contributed by atoms with E-state index in [1.807, 2.05) is 28.9 Å². The molecular weight excluding hydrogens is 330 g/mol. The van der Waals surface area contributed by atoms with Gasteiger partial charge in [-0.1, -0.05) is 19.9 Å². The number of hydrogen-bond acceptors (Lipinski definition) is 4. The Kier molecular flexibility index (Phi) is 7.19. The number of aromatic nitrogens is 1. The summed E-state index contributed by atoms with van der Waals surface area (Å²) in [6, 6.07) is 8.03. The smallest absolute Gasteiger partial charge is 0.206 e. The molecule has 0 spiro atoms. The van der Waals surface area contributed by atoms with E-state index < -0.39 is 0 Å². The van der Waals surface area contributed by atoms with Crippen LogP contribution in [0.2, 0.25) is 0 Å². The van der Waals surface area contributed by atoms with Gasteiger partial charge in [0, 0.05) is 16.7 Å². The van der Waals surface area contributed by atoms with Gasteiger partial charge < -0.3 is 4.74 Å². The summed E-state index contributed by atoms with van der Waals surface area (Å²) in [5.74, 6) is 1.52. The van der Waals surface area contributed by atoms with Gasteiger partial charge >= 0.3 is 0 Å². The highest BCUT2D eigenvalue weighted by Gasteiger charge is 2.08. The third-order valence-corrected chi connectivity index (χ3v) is 4.63. The van der Waals surface area contributed by atoms with Crippen LogP contribution in [0, 0.1) is 5.92 Å². The first-order valence-corrected chi connectivity index (χ1v) is 9.44. The summed E-state index contributed by atoms with van der Waals surface area (Å²) in [4.78, 5) is 5.47. The predicted molar refractivity (Wildman–Crippen MR) is 108 cm³/mol. The second kappa shape index (κ2) is 9.37. The SMILES string of the molecule is C=CCN=c1scc(-c2ccc(OC)cc2)n1N=C(C)CCC(C)C. The van der Waals surface area contributed by atoms with Gasteiger partial charge in [0.1, 0.15) is 5.75 Å². The largest absolute Gasteiger partial charge is 0.497 e. The van der Waals surface area contributed by atoms with Crippen molar-refractivity contribution in [2.24, 2.45) is 16.0 Å². The van der Waals surface area contributed by atoms with Gasteiger partial charge in [-0.3, -0.25) is 4.99 Å². The van der Waals surface area contributed by atoms with Crippen molar-refractivity contribution < 1.29 is 4.74 Å². The second-order valence-corrected chi connectivity index (χ2v) is 7.18. The molecule has 0 radical (unpaired) electrons. The maximum absolute atomic E-state index is 5.25. The Balaban J connectivity index is 2.44. The maximum Gasteiger partial charge on any atom is 0.206 e. The van der Waals surface area contributed by atoms with E-state index in [-0.39, 0.29) is 0 Å². The Bertz CT molecular complexity index is 782. The van der Waals surface area contributed by atoms with Crippen molar-refractivity contribution >= 4 is 17.0 Å². The summed E-state index contributed by atoms with van der Waals surface area (Å²) in [5, 5.41) is 6.95. The fraction of sp³-hybridized carbons (Fsp3) is 0.400. The maximum atomic E-state index is 5.25. The van der Waals surface area contributed by atoms with Gasteiger partial charge in [0.25, 0.3) is 0 Å². The molecule has 1 aromatic heterocycles. The first-order valence-electron chi connectivity index (χ1n) is 8.56. The van der Waals surface area contributed by atoms with E-state index >= 15 is 0 Å². The Labute approximate surface area is 154 Å². The zero-order chi connectivity index (χ0) is 18.2. The Hall–Kier alpha value is -2.14. The predicted octanol–water partition coefficient (Wildman–Crippen LogP) is 4.97. The molecule has 2 aromatic rings. The van der Waals surface area contributed by atoms with Crippen molar-refractivity contribution in [3.05, 3.63) is 47.1 Å². The molecule has 0 aliphatic carbocycles. The van der Waals surface area contributed by atoms with E-state index in [1.54, 1.807) is 24.5 Å². The van der Waals surface area contributed by atoms with Gasteiger partial charge in [-0.15, -0.1) is 17.9 Å². The molecule has 0 amide bonds. The highest BCUT2D eigenvalue weighted by Crippen LogP contribution is 2.23. The molecule has 0 unspecified atom stereocenters. The van der Waals surface area contributed by atoms with Crippen LogP contribution in [0.15, 0.2) is 52.4 Å². The first kappa shape index (κ1) is 19.2. The lowest BCUT2D eigenvalue weighted by atomic mass is 10.1. The van der Waals surface area contributed by atoms with Gasteiger partial charge in [-0.2, -0.15) is 5.10 Å². The molecule has 5 heteroatoms. The van der Waals surface area contributed by atoms with Gasteiger partial charge in [0.2, 0.25) is 4.80 Å². The van der Waals surface area contributed by atoms with Gasteiger partial charge in [-0.25, -0.2) is 4.68 Å². The first-order chi connectivity index (χ1) is 12.0. The van der Waals surface area contributed by atoms with Crippen LogP contribution in [0.5, 0.6) is 5.75 Å². The molecule has 0 saturated heterocycles. The molecule has 1 heterocycles. The molecule has 0 fully saturated rings. The number of thiazole rings is 1. The van der Waals surface area contributed by atoms with Crippen LogP contribution in [0.3, 0.4) is 0 Å². The molecule has 0 atom stereocenters. The van der Waals surface area contributed by atoms with E-state index in [0.29, 0.717) is 12.5 Å². The molecule has 0 aliphatic rings.